The largest absolute Gasteiger partial charge is 0.444 e. The molecule has 0 radical (unpaired) electrons. The molecule has 1 amide bonds. The van der Waals surface area contributed by atoms with Crippen LogP contribution < -0.4 is 21.3 Å². The van der Waals surface area contributed by atoms with E-state index in [2.05, 4.69) is 57.0 Å². The SMILES string of the molecule is CC(C)(C)OC(=O)N1CCCC(c2nnc(Nc3ccc4c(cnn4C(=O)OC(C)(C)C)c3)s2)C1.c1cc2[nH]ncc2cc1Nc1nnc(C2CNCCN2)s1. The number of H-pyrrole nitrogens is 1. The summed E-state index contributed by atoms with van der Waals surface area (Å²) in [5, 5.41) is 46.9. The molecule has 56 heavy (non-hydrogen) atoms. The summed E-state index contributed by atoms with van der Waals surface area (Å²) >= 11 is 3.06. The number of carbonyl (C=O) groups excluding carboxylic acids is 2. The number of fused-ring (bicyclic) bond motifs is 2. The van der Waals surface area contributed by atoms with E-state index < -0.39 is 17.3 Å². The number of piperazine rings is 1. The molecule has 0 saturated carbocycles. The Hall–Kier alpha value is -5.24. The molecule has 0 bridgehead atoms. The van der Waals surface area contributed by atoms with Gasteiger partial charge in [0.2, 0.25) is 10.3 Å². The predicted molar refractivity (Wildman–Crippen MR) is 217 cm³/mol. The Labute approximate surface area is 332 Å². The van der Waals surface area contributed by atoms with Crippen molar-refractivity contribution in [3.8, 4) is 0 Å². The topological polar surface area (TPSA) is 202 Å². The second kappa shape index (κ2) is 16.5. The van der Waals surface area contributed by atoms with Crippen LogP contribution in [-0.4, -0.2) is 101 Å². The van der Waals surface area contributed by atoms with Gasteiger partial charge in [0.05, 0.1) is 29.5 Å². The van der Waals surface area contributed by atoms with Gasteiger partial charge in [0.15, 0.2) is 0 Å². The Balaban J connectivity index is 0.000000193. The maximum atomic E-state index is 12.5. The molecule has 19 heteroatoms. The van der Waals surface area contributed by atoms with Crippen molar-refractivity contribution in [3.05, 3.63) is 58.8 Å². The van der Waals surface area contributed by atoms with Crippen LogP contribution in [0.4, 0.5) is 31.2 Å². The summed E-state index contributed by atoms with van der Waals surface area (Å²) in [5.41, 5.74) is 2.36. The van der Waals surface area contributed by atoms with Crippen molar-refractivity contribution < 1.29 is 19.1 Å². The minimum absolute atomic E-state index is 0.124. The molecule has 17 nitrogen and oxygen atoms in total. The molecule has 2 unspecified atom stereocenters. The Morgan fingerprint density at radius 1 is 0.821 bits per heavy atom. The zero-order valence-corrected chi connectivity index (χ0v) is 33.9. The predicted octanol–water partition coefficient (Wildman–Crippen LogP) is 6.92. The molecule has 8 rings (SSSR count). The van der Waals surface area contributed by atoms with E-state index in [-0.39, 0.29) is 18.1 Å². The van der Waals surface area contributed by atoms with Gasteiger partial charge < -0.3 is 35.6 Å². The number of aromatic amines is 1. The first-order chi connectivity index (χ1) is 26.8. The third-order valence-corrected chi connectivity index (χ3v) is 10.7. The first-order valence-corrected chi connectivity index (χ1v) is 20.2. The van der Waals surface area contributed by atoms with E-state index in [0.29, 0.717) is 23.7 Å². The van der Waals surface area contributed by atoms with Crippen molar-refractivity contribution >= 4 is 78.3 Å². The lowest BCUT2D eigenvalue weighted by atomic mass is 9.99. The molecule has 2 aliphatic rings. The quantitative estimate of drug-likeness (QED) is 0.116. The number of aromatic nitrogens is 8. The van der Waals surface area contributed by atoms with E-state index in [1.165, 1.54) is 16.0 Å². The fourth-order valence-electron chi connectivity index (χ4n) is 6.20. The third kappa shape index (κ3) is 9.94. The van der Waals surface area contributed by atoms with Gasteiger partial charge in [-0.15, -0.1) is 20.4 Å². The van der Waals surface area contributed by atoms with Gasteiger partial charge in [-0.3, -0.25) is 5.10 Å². The number of nitrogens with zero attached hydrogens (tertiary/aromatic N) is 8. The Kier molecular flexibility index (Phi) is 11.5. The maximum Gasteiger partial charge on any atom is 0.435 e. The van der Waals surface area contributed by atoms with Crippen molar-refractivity contribution in [2.45, 2.75) is 77.5 Å². The monoisotopic (exact) mass is 801 g/mol. The smallest absolute Gasteiger partial charge is 0.435 e. The van der Waals surface area contributed by atoms with Gasteiger partial charge in [0.25, 0.3) is 0 Å². The van der Waals surface area contributed by atoms with E-state index in [4.69, 9.17) is 9.47 Å². The van der Waals surface area contributed by atoms with E-state index in [9.17, 15) is 9.59 Å². The van der Waals surface area contributed by atoms with Gasteiger partial charge in [-0.2, -0.15) is 14.9 Å². The minimum atomic E-state index is -0.603. The summed E-state index contributed by atoms with van der Waals surface area (Å²) in [7, 11) is 0. The number of hydrogen-bond acceptors (Lipinski definition) is 16. The zero-order valence-electron chi connectivity index (χ0n) is 32.3. The van der Waals surface area contributed by atoms with Crippen molar-refractivity contribution in [1.29, 1.82) is 0 Å². The summed E-state index contributed by atoms with van der Waals surface area (Å²) in [4.78, 5) is 26.6. The lowest BCUT2D eigenvalue weighted by molar-refractivity contribution is 0.0197. The number of nitrogens with one attached hydrogen (secondary N) is 5. The molecule has 0 aliphatic carbocycles. The number of anilines is 4. The van der Waals surface area contributed by atoms with Crippen LogP contribution in [0.25, 0.3) is 21.8 Å². The average molecular weight is 802 g/mol. The van der Waals surface area contributed by atoms with Crippen LogP contribution in [0.2, 0.25) is 0 Å². The van der Waals surface area contributed by atoms with E-state index in [0.717, 1.165) is 75.3 Å². The molecule has 2 saturated heterocycles. The molecule has 0 spiro atoms. The molecule has 6 aromatic rings. The number of hydrogen-bond donors (Lipinski definition) is 5. The van der Waals surface area contributed by atoms with Crippen LogP contribution in [0.1, 0.15) is 76.4 Å². The van der Waals surface area contributed by atoms with Gasteiger partial charge in [0.1, 0.15) is 21.2 Å². The molecule has 2 aliphatic heterocycles. The molecule has 6 heterocycles. The van der Waals surface area contributed by atoms with Gasteiger partial charge in [-0.25, -0.2) is 9.59 Å². The molecular weight excluding hydrogens is 755 g/mol. The number of carbonyl (C=O) groups is 2. The summed E-state index contributed by atoms with van der Waals surface area (Å²) in [6.07, 6.45) is 4.47. The maximum absolute atomic E-state index is 12.5. The van der Waals surface area contributed by atoms with Gasteiger partial charge in [-0.05, 0) is 90.8 Å². The summed E-state index contributed by atoms with van der Waals surface area (Å²) in [5.74, 6) is 0.124. The number of likely N-dealkylation sites (tertiary alicyclic amines) is 1. The third-order valence-electron chi connectivity index (χ3n) is 8.72. The highest BCUT2D eigenvalue weighted by Gasteiger charge is 2.30. The first kappa shape index (κ1) is 39.0. The van der Waals surface area contributed by atoms with Crippen LogP contribution in [-0.2, 0) is 9.47 Å². The number of piperidine rings is 1. The van der Waals surface area contributed by atoms with Gasteiger partial charge in [0, 0.05) is 60.8 Å². The van der Waals surface area contributed by atoms with Crippen LogP contribution in [0.5, 0.6) is 0 Å². The molecule has 2 aromatic carbocycles. The highest BCUT2D eigenvalue weighted by molar-refractivity contribution is 7.15. The fourth-order valence-corrected chi connectivity index (χ4v) is 7.93. The zero-order chi connectivity index (χ0) is 39.5. The van der Waals surface area contributed by atoms with E-state index in [1.807, 2.05) is 84.1 Å². The fraction of sp³-hybridized carbons (Fsp3) is 0.459. The lowest BCUT2D eigenvalue weighted by Crippen LogP contribution is -2.42. The summed E-state index contributed by atoms with van der Waals surface area (Å²) < 4.78 is 12.2. The second-order valence-electron chi connectivity index (χ2n) is 15.6. The van der Waals surface area contributed by atoms with Crippen molar-refractivity contribution in [1.82, 2.24) is 55.9 Å². The standard InChI is InChI=1S/C24H32N6O4S.C13H15N7S/c1-23(2,3)33-21(31)29-11-7-8-15(14-29)19-27-28-20(35-19)26-17-9-10-18-16(12-17)13-25-30(18)22(32)34-24(4,5)6;1-2-10-8(6-16-18-10)5-9(1)17-13-20-19-12(21-13)11-7-14-3-4-15-11/h9-10,12-13,15H,7-8,11,14H2,1-6H3,(H,26,28);1-2,5-6,11,14-15H,3-4,7H2,(H,16,18)(H,17,20). The van der Waals surface area contributed by atoms with Gasteiger partial charge >= 0.3 is 12.2 Å². The lowest BCUT2D eigenvalue weighted by Gasteiger charge is -2.33. The van der Waals surface area contributed by atoms with E-state index >= 15 is 0 Å². The molecule has 5 N–H and O–H groups in total. The molecule has 4 aromatic heterocycles. The van der Waals surface area contributed by atoms with Crippen LogP contribution >= 0.6 is 22.7 Å². The normalized spacial score (nSPS) is 17.6. The Bertz CT molecular complexity index is 2280. The summed E-state index contributed by atoms with van der Waals surface area (Å²) in [6, 6.07) is 11.9. The Morgan fingerprint density at radius 2 is 1.50 bits per heavy atom. The van der Waals surface area contributed by atoms with Crippen molar-refractivity contribution in [2.24, 2.45) is 0 Å². The highest BCUT2D eigenvalue weighted by atomic mass is 32.1. The minimum Gasteiger partial charge on any atom is -0.444 e. The molecule has 2 atom stereocenters. The number of amides is 1. The second-order valence-corrected chi connectivity index (χ2v) is 17.6. The number of rotatable bonds is 6. The van der Waals surface area contributed by atoms with Gasteiger partial charge in [-0.1, -0.05) is 22.7 Å². The first-order valence-electron chi connectivity index (χ1n) is 18.5. The highest BCUT2D eigenvalue weighted by Crippen LogP contribution is 2.33. The number of ether oxygens (including phenoxy) is 2. The van der Waals surface area contributed by atoms with Crippen molar-refractivity contribution in [2.75, 3.05) is 43.4 Å². The molecule has 2 fully saturated rings. The molecule has 296 valence electrons. The van der Waals surface area contributed by atoms with E-state index in [1.54, 1.807) is 22.4 Å². The van der Waals surface area contributed by atoms with Crippen LogP contribution in [0.15, 0.2) is 48.8 Å². The number of benzene rings is 2. The van der Waals surface area contributed by atoms with Crippen molar-refractivity contribution in [3.63, 3.8) is 0 Å². The average Bonchev–Trinajstić information content (AvgIpc) is 3.98. The summed E-state index contributed by atoms with van der Waals surface area (Å²) in [6.45, 7) is 15.2. The van der Waals surface area contributed by atoms with Crippen LogP contribution in [0, 0.1) is 0 Å². The Morgan fingerprint density at radius 3 is 2.21 bits per heavy atom. The van der Waals surface area contributed by atoms with Crippen LogP contribution in [0.3, 0.4) is 0 Å². The molecular formula is C37H47N13O4S2.